The summed E-state index contributed by atoms with van der Waals surface area (Å²) in [5.74, 6) is 0.487. The molecule has 1 aromatic carbocycles. The summed E-state index contributed by atoms with van der Waals surface area (Å²) in [7, 11) is 1.86. The van der Waals surface area contributed by atoms with Crippen LogP contribution in [0, 0.1) is 0 Å². The van der Waals surface area contributed by atoms with Gasteiger partial charge >= 0.3 is 6.18 Å². The molecule has 0 bridgehead atoms. The van der Waals surface area contributed by atoms with E-state index in [9.17, 15) is 13.2 Å². The van der Waals surface area contributed by atoms with Crippen LogP contribution in [0.4, 0.5) is 13.2 Å². The Morgan fingerprint density at radius 1 is 1.30 bits per heavy atom. The number of hydrogen-bond acceptors (Lipinski definition) is 2. The van der Waals surface area contributed by atoms with Crippen LogP contribution in [0.1, 0.15) is 17.5 Å². The zero-order valence-corrected chi connectivity index (χ0v) is 11.3. The van der Waals surface area contributed by atoms with Gasteiger partial charge in [0.25, 0.3) is 0 Å². The molecular weight excluding hydrogens is 267 g/mol. The Morgan fingerprint density at radius 2 is 1.95 bits per heavy atom. The van der Waals surface area contributed by atoms with Gasteiger partial charge in [-0.3, -0.25) is 0 Å². The molecule has 0 atom stereocenters. The molecular formula is C15H18F3NO. The van der Waals surface area contributed by atoms with Crippen molar-refractivity contribution in [1.82, 2.24) is 5.32 Å². The van der Waals surface area contributed by atoms with Gasteiger partial charge in [-0.25, -0.2) is 0 Å². The van der Waals surface area contributed by atoms with Crippen LogP contribution in [0.5, 0.6) is 0 Å². The van der Waals surface area contributed by atoms with Crippen LogP contribution in [0.15, 0.2) is 42.7 Å². The Bertz CT molecular complexity index is 449. The predicted molar refractivity (Wildman–Crippen MR) is 74.1 cm³/mol. The van der Waals surface area contributed by atoms with Crippen molar-refractivity contribution >= 4 is 6.08 Å². The first-order valence-corrected chi connectivity index (χ1v) is 6.25. The van der Waals surface area contributed by atoms with Crippen molar-refractivity contribution in [3.05, 3.63) is 53.8 Å². The number of rotatable bonds is 7. The first kappa shape index (κ1) is 16.3. The number of hydrogen-bond donors (Lipinski definition) is 1. The van der Waals surface area contributed by atoms with Gasteiger partial charge in [0.1, 0.15) is 5.76 Å². The van der Waals surface area contributed by atoms with Gasteiger partial charge in [-0.2, -0.15) is 13.2 Å². The summed E-state index contributed by atoms with van der Waals surface area (Å²) in [4.78, 5) is 0. The smallest absolute Gasteiger partial charge is 0.416 e. The minimum atomic E-state index is -4.30. The highest BCUT2D eigenvalue weighted by Gasteiger charge is 2.29. The summed E-state index contributed by atoms with van der Waals surface area (Å²) < 4.78 is 42.5. The van der Waals surface area contributed by atoms with Crippen molar-refractivity contribution in [2.75, 3.05) is 20.2 Å². The number of nitrogens with one attached hydrogen (secondary N) is 1. The molecule has 1 rings (SSSR count). The average molecular weight is 285 g/mol. The molecule has 0 aromatic heterocycles. The first-order valence-electron chi connectivity index (χ1n) is 6.25. The van der Waals surface area contributed by atoms with Gasteiger partial charge in [-0.15, -0.1) is 0 Å². The number of benzene rings is 1. The third-order valence-corrected chi connectivity index (χ3v) is 2.56. The standard InChI is InChI=1S/C15H18F3NO/c1-12(20-11-3-10-19-2)4-5-13-6-8-14(9-7-13)15(16,17)18/h4-9,19H,1,3,10-11H2,2H3/b5-4+. The zero-order valence-electron chi connectivity index (χ0n) is 11.3. The molecule has 0 spiro atoms. The average Bonchev–Trinajstić information content (AvgIpc) is 2.41. The van der Waals surface area contributed by atoms with E-state index in [0.717, 1.165) is 25.1 Å². The third kappa shape index (κ3) is 5.93. The summed E-state index contributed by atoms with van der Waals surface area (Å²) in [6, 6.07) is 4.92. The van der Waals surface area contributed by atoms with Crippen molar-refractivity contribution in [1.29, 1.82) is 0 Å². The van der Waals surface area contributed by atoms with E-state index in [1.165, 1.54) is 12.1 Å². The van der Waals surface area contributed by atoms with Crippen molar-refractivity contribution in [2.45, 2.75) is 12.6 Å². The molecule has 2 nitrogen and oxygen atoms in total. The maximum Gasteiger partial charge on any atom is 0.416 e. The highest BCUT2D eigenvalue weighted by molar-refractivity contribution is 5.52. The second kappa shape index (κ2) is 7.75. The quantitative estimate of drug-likeness (QED) is 0.466. The Hall–Kier alpha value is -1.75. The third-order valence-electron chi connectivity index (χ3n) is 2.56. The van der Waals surface area contributed by atoms with E-state index >= 15 is 0 Å². The Labute approximate surface area is 116 Å². The number of ether oxygens (including phenoxy) is 1. The fraction of sp³-hybridized carbons (Fsp3) is 0.333. The Kier molecular flexibility index (Phi) is 6.31. The molecule has 0 unspecified atom stereocenters. The molecule has 0 aliphatic heterocycles. The van der Waals surface area contributed by atoms with E-state index < -0.39 is 11.7 Å². The number of halogens is 3. The molecule has 20 heavy (non-hydrogen) atoms. The summed E-state index contributed by atoms with van der Waals surface area (Å²) in [6.07, 6.45) is -0.131. The lowest BCUT2D eigenvalue weighted by Crippen LogP contribution is -2.09. The SMILES string of the molecule is C=C(/C=C/c1ccc(C(F)(F)F)cc1)OCCCNC. The van der Waals surface area contributed by atoms with Crippen LogP contribution in [0.2, 0.25) is 0 Å². The largest absolute Gasteiger partial charge is 0.494 e. The molecule has 1 aromatic rings. The van der Waals surface area contributed by atoms with Gasteiger partial charge in [0.2, 0.25) is 0 Å². The number of alkyl halides is 3. The molecule has 0 aliphatic rings. The van der Waals surface area contributed by atoms with Crippen LogP contribution in [-0.2, 0) is 10.9 Å². The normalized spacial score (nSPS) is 11.8. The van der Waals surface area contributed by atoms with Gasteiger partial charge in [0, 0.05) is 0 Å². The summed E-state index contributed by atoms with van der Waals surface area (Å²) in [6.45, 7) is 5.12. The molecule has 0 heterocycles. The van der Waals surface area contributed by atoms with E-state index in [0.29, 0.717) is 17.9 Å². The summed E-state index contributed by atoms with van der Waals surface area (Å²) >= 11 is 0. The second-order valence-corrected chi connectivity index (χ2v) is 4.22. The summed E-state index contributed by atoms with van der Waals surface area (Å²) in [5, 5.41) is 3.00. The van der Waals surface area contributed by atoms with Gasteiger partial charge in [0.15, 0.2) is 0 Å². The van der Waals surface area contributed by atoms with E-state index in [2.05, 4.69) is 11.9 Å². The minimum Gasteiger partial charge on any atom is -0.494 e. The molecule has 0 saturated carbocycles. The van der Waals surface area contributed by atoms with Gasteiger partial charge in [-0.05, 0) is 43.8 Å². The topological polar surface area (TPSA) is 21.3 Å². The minimum absolute atomic E-state index is 0.487. The fourth-order valence-corrected chi connectivity index (χ4v) is 1.47. The molecule has 0 aliphatic carbocycles. The van der Waals surface area contributed by atoms with Crippen molar-refractivity contribution in [2.24, 2.45) is 0 Å². The van der Waals surface area contributed by atoms with Gasteiger partial charge < -0.3 is 10.1 Å². The molecule has 0 saturated heterocycles. The Morgan fingerprint density at radius 3 is 2.50 bits per heavy atom. The van der Waals surface area contributed by atoms with Crippen LogP contribution in [0.25, 0.3) is 6.08 Å². The highest BCUT2D eigenvalue weighted by Crippen LogP contribution is 2.29. The zero-order chi connectivity index (χ0) is 15.0. The maximum atomic E-state index is 12.4. The Balaban J connectivity index is 2.47. The second-order valence-electron chi connectivity index (χ2n) is 4.22. The molecule has 0 amide bonds. The van der Waals surface area contributed by atoms with Crippen molar-refractivity contribution < 1.29 is 17.9 Å². The van der Waals surface area contributed by atoms with Crippen LogP contribution in [-0.4, -0.2) is 20.2 Å². The highest BCUT2D eigenvalue weighted by atomic mass is 19.4. The lowest BCUT2D eigenvalue weighted by atomic mass is 10.1. The molecule has 5 heteroatoms. The summed E-state index contributed by atoms with van der Waals surface area (Å²) in [5.41, 5.74) is 0.00904. The van der Waals surface area contributed by atoms with E-state index in [-0.39, 0.29) is 0 Å². The van der Waals surface area contributed by atoms with E-state index in [4.69, 9.17) is 4.74 Å². The lowest BCUT2D eigenvalue weighted by Gasteiger charge is -2.06. The van der Waals surface area contributed by atoms with Crippen LogP contribution < -0.4 is 5.32 Å². The molecule has 1 N–H and O–H groups in total. The molecule has 110 valence electrons. The van der Waals surface area contributed by atoms with E-state index in [1.54, 1.807) is 12.2 Å². The van der Waals surface area contributed by atoms with Gasteiger partial charge in [0.05, 0.1) is 12.2 Å². The maximum absolute atomic E-state index is 12.4. The van der Waals surface area contributed by atoms with Crippen LogP contribution in [0.3, 0.4) is 0 Å². The molecule has 0 fully saturated rings. The monoisotopic (exact) mass is 285 g/mol. The predicted octanol–water partition coefficient (Wildman–Crippen LogP) is 3.86. The first-order chi connectivity index (χ1) is 9.43. The van der Waals surface area contributed by atoms with Crippen LogP contribution >= 0.6 is 0 Å². The molecule has 0 radical (unpaired) electrons. The number of allylic oxidation sites excluding steroid dienone is 1. The van der Waals surface area contributed by atoms with Crippen molar-refractivity contribution in [3.8, 4) is 0 Å². The van der Waals surface area contributed by atoms with Crippen molar-refractivity contribution in [3.63, 3.8) is 0 Å². The fourth-order valence-electron chi connectivity index (χ4n) is 1.47. The van der Waals surface area contributed by atoms with E-state index in [1.807, 2.05) is 7.05 Å². The van der Waals surface area contributed by atoms with Gasteiger partial charge in [-0.1, -0.05) is 24.8 Å². The lowest BCUT2D eigenvalue weighted by molar-refractivity contribution is -0.137.